The highest BCUT2D eigenvalue weighted by atomic mass is 32.2. The van der Waals surface area contributed by atoms with Gasteiger partial charge in [-0.25, -0.2) is 8.42 Å². The normalized spacial score (nSPS) is 11.1. The summed E-state index contributed by atoms with van der Waals surface area (Å²) in [6.07, 6.45) is 1.09. The molecule has 0 unspecified atom stereocenters. The van der Waals surface area contributed by atoms with Gasteiger partial charge in [-0.3, -0.25) is 0 Å². The van der Waals surface area contributed by atoms with E-state index in [1.165, 1.54) is 26.4 Å². The number of aliphatic hydroxyl groups excluding tert-OH is 1. The van der Waals surface area contributed by atoms with Crippen LogP contribution in [0.2, 0.25) is 0 Å². The number of rotatable bonds is 5. The largest absolute Gasteiger partial charge is 0.495 e. The third-order valence-electron chi connectivity index (χ3n) is 2.15. The Morgan fingerprint density at radius 2 is 1.82 bits per heavy atom. The first kappa shape index (κ1) is 13.6. The number of ether oxygens (including phenoxy) is 2. The Bertz CT molecular complexity index is 498. The molecule has 0 bridgehead atoms. The highest BCUT2D eigenvalue weighted by molar-refractivity contribution is 7.90. The minimum atomic E-state index is -3.41. The predicted octanol–water partition coefficient (Wildman–Crippen LogP) is 0.469. The smallest absolute Gasteiger partial charge is 0.179 e. The van der Waals surface area contributed by atoms with E-state index < -0.39 is 9.84 Å². The van der Waals surface area contributed by atoms with Crippen molar-refractivity contribution >= 4 is 15.5 Å². The fourth-order valence-corrected chi connectivity index (χ4v) is 2.21. The molecule has 2 N–H and O–H groups in total. The van der Waals surface area contributed by atoms with Gasteiger partial charge in [0, 0.05) is 18.4 Å². The van der Waals surface area contributed by atoms with Crippen molar-refractivity contribution in [3.63, 3.8) is 0 Å². The van der Waals surface area contributed by atoms with E-state index in [2.05, 4.69) is 5.32 Å². The van der Waals surface area contributed by atoms with E-state index in [0.717, 1.165) is 6.26 Å². The summed E-state index contributed by atoms with van der Waals surface area (Å²) in [4.78, 5) is 0.0420. The molecule has 7 heteroatoms. The number of hydrogen-bond donors (Lipinski definition) is 2. The van der Waals surface area contributed by atoms with Crippen molar-refractivity contribution in [1.29, 1.82) is 0 Å². The Morgan fingerprint density at radius 3 is 2.24 bits per heavy atom. The summed E-state index contributed by atoms with van der Waals surface area (Å²) in [6.45, 7) is -0.294. The maximum absolute atomic E-state index is 11.5. The number of aliphatic hydroxyl groups is 1. The summed E-state index contributed by atoms with van der Waals surface area (Å²) < 4.78 is 33.1. The molecule has 0 saturated heterocycles. The van der Waals surface area contributed by atoms with Crippen LogP contribution >= 0.6 is 0 Å². The summed E-state index contributed by atoms with van der Waals surface area (Å²) in [6, 6.07) is 2.82. The molecule has 0 amide bonds. The van der Waals surface area contributed by atoms with Crippen molar-refractivity contribution in [3.05, 3.63) is 12.1 Å². The van der Waals surface area contributed by atoms with Gasteiger partial charge < -0.3 is 19.9 Å². The summed E-state index contributed by atoms with van der Waals surface area (Å²) >= 11 is 0. The topological polar surface area (TPSA) is 84.9 Å². The lowest BCUT2D eigenvalue weighted by atomic mass is 10.2. The molecule has 0 atom stereocenters. The van der Waals surface area contributed by atoms with Crippen LogP contribution in [-0.2, 0) is 9.84 Å². The molecule has 0 radical (unpaired) electrons. The summed E-state index contributed by atoms with van der Waals surface area (Å²) in [7, 11) is -0.618. The van der Waals surface area contributed by atoms with Crippen molar-refractivity contribution in [2.24, 2.45) is 0 Å². The van der Waals surface area contributed by atoms with E-state index in [1.54, 1.807) is 0 Å². The van der Waals surface area contributed by atoms with Gasteiger partial charge in [-0.15, -0.1) is 0 Å². The van der Waals surface area contributed by atoms with E-state index in [9.17, 15) is 8.42 Å². The van der Waals surface area contributed by atoms with Crippen LogP contribution in [0.5, 0.6) is 11.5 Å². The molecule has 1 rings (SSSR count). The zero-order valence-corrected chi connectivity index (χ0v) is 10.7. The van der Waals surface area contributed by atoms with Gasteiger partial charge in [0.15, 0.2) is 9.84 Å². The first-order valence-electron chi connectivity index (χ1n) is 4.74. The quantitative estimate of drug-likeness (QED) is 0.749. The molecule has 0 saturated carbocycles. The van der Waals surface area contributed by atoms with Gasteiger partial charge >= 0.3 is 0 Å². The number of methoxy groups -OCH3 is 2. The molecule has 0 aromatic heterocycles. The van der Waals surface area contributed by atoms with Crippen molar-refractivity contribution in [2.75, 3.05) is 32.5 Å². The van der Waals surface area contributed by atoms with E-state index in [1.807, 2.05) is 0 Å². The maximum atomic E-state index is 11.5. The SMILES string of the molecule is COc1cc(S(C)(=O)=O)c(OC)cc1NCO. The van der Waals surface area contributed by atoms with E-state index in [-0.39, 0.29) is 17.4 Å². The molecular formula is C10H15NO5S. The highest BCUT2D eigenvalue weighted by Crippen LogP contribution is 2.35. The summed E-state index contributed by atoms with van der Waals surface area (Å²) in [5.74, 6) is 0.518. The molecule has 0 aliphatic rings. The standard InChI is InChI=1S/C10H15NO5S/c1-15-8-5-10(17(3,13)14)9(16-2)4-7(8)11-6-12/h4-5,11-12H,6H2,1-3H3. The van der Waals surface area contributed by atoms with Gasteiger partial charge in [-0.05, 0) is 0 Å². The van der Waals surface area contributed by atoms with Gasteiger partial charge in [0.05, 0.1) is 19.9 Å². The average molecular weight is 261 g/mol. The number of nitrogens with one attached hydrogen (secondary N) is 1. The molecule has 0 aliphatic carbocycles. The zero-order chi connectivity index (χ0) is 13.1. The molecule has 1 aromatic carbocycles. The highest BCUT2D eigenvalue weighted by Gasteiger charge is 2.18. The van der Waals surface area contributed by atoms with Crippen molar-refractivity contribution < 1.29 is 23.0 Å². The Kier molecular flexibility index (Phi) is 4.19. The number of anilines is 1. The van der Waals surface area contributed by atoms with Crippen molar-refractivity contribution in [3.8, 4) is 11.5 Å². The van der Waals surface area contributed by atoms with Crippen LogP contribution < -0.4 is 14.8 Å². The minimum Gasteiger partial charge on any atom is -0.495 e. The van der Waals surface area contributed by atoms with Crippen LogP contribution in [0.25, 0.3) is 0 Å². The Labute approximate surface area is 100 Å². The number of hydrogen-bond acceptors (Lipinski definition) is 6. The van der Waals surface area contributed by atoms with Crippen LogP contribution in [-0.4, -0.2) is 40.7 Å². The summed E-state index contributed by atoms with van der Waals surface area (Å²) in [5.41, 5.74) is 0.458. The van der Waals surface area contributed by atoms with Crippen LogP contribution in [0.15, 0.2) is 17.0 Å². The molecular weight excluding hydrogens is 246 g/mol. The first-order valence-corrected chi connectivity index (χ1v) is 6.64. The number of benzene rings is 1. The third-order valence-corrected chi connectivity index (χ3v) is 3.27. The van der Waals surface area contributed by atoms with Crippen LogP contribution in [0.4, 0.5) is 5.69 Å². The molecule has 96 valence electrons. The molecule has 0 fully saturated rings. The van der Waals surface area contributed by atoms with Crippen LogP contribution in [0.1, 0.15) is 0 Å². The molecule has 0 heterocycles. The van der Waals surface area contributed by atoms with Crippen molar-refractivity contribution in [2.45, 2.75) is 4.90 Å². The molecule has 1 aromatic rings. The lowest BCUT2D eigenvalue weighted by Crippen LogP contribution is -2.06. The molecule has 0 aliphatic heterocycles. The second-order valence-electron chi connectivity index (χ2n) is 3.31. The average Bonchev–Trinajstić information content (AvgIpc) is 2.27. The van der Waals surface area contributed by atoms with Crippen LogP contribution in [0.3, 0.4) is 0 Å². The van der Waals surface area contributed by atoms with Gasteiger partial charge in [0.25, 0.3) is 0 Å². The van der Waals surface area contributed by atoms with Gasteiger partial charge in [0.2, 0.25) is 0 Å². The lowest BCUT2D eigenvalue weighted by Gasteiger charge is -2.14. The fraction of sp³-hybridized carbons (Fsp3) is 0.400. The molecule has 6 nitrogen and oxygen atoms in total. The van der Waals surface area contributed by atoms with E-state index >= 15 is 0 Å². The van der Waals surface area contributed by atoms with Gasteiger partial charge in [0.1, 0.15) is 23.1 Å². The lowest BCUT2D eigenvalue weighted by molar-refractivity contribution is 0.324. The Balaban J connectivity index is 3.43. The maximum Gasteiger partial charge on any atom is 0.179 e. The van der Waals surface area contributed by atoms with Gasteiger partial charge in [-0.1, -0.05) is 0 Å². The molecule has 17 heavy (non-hydrogen) atoms. The van der Waals surface area contributed by atoms with Crippen LogP contribution in [0, 0.1) is 0 Å². The third kappa shape index (κ3) is 3.01. The Morgan fingerprint density at radius 1 is 1.24 bits per heavy atom. The van der Waals surface area contributed by atoms with Crippen molar-refractivity contribution in [1.82, 2.24) is 0 Å². The molecule has 0 spiro atoms. The van der Waals surface area contributed by atoms with E-state index in [4.69, 9.17) is 14.6 Å². The predicted molar refractivity (Wildman–Crippen MR) is 63.4 cm³/mol. The van der Waals surface area contributed by atoms with E-state index in [0.29, 0.717) is 11.4 Å². The second kappa shape index (κ2) is 5.24. The summed E-state index contributed by atoms with van der Waals surface area (Å²) in [5, 5.41) is 11.4. The second-order valence-corrected chi connectivity index (χ2v) is 5.29. The van der Waals surface area contributed by atoms with Gasteiger partial charge in [-0.2, -0.15) is 0 Å². The minimum absolute atomic E-state index is 0.0420. The zero-order valence-electron chi connectivity index (χ0n) is 9.85. The monoisotopic (exact) mass is 261 g/mol. The fourth-order valence-electron chi connectivity index (χ4n) is 1.38. The first-order chi connectivity index (χ1) is 7.93. The number of sulfone groups is 1. The Hall–Kier alpha value is -1.47.